The molecule has 0 spiro atoms. The Labute approximate surface area is 124 Å². The van der Waals surface area contributed by atoms with Gasteiger partial charge in [0.15, 0.2) is 5.78 Å². The zero-order valence-electron chi connectivity index (χ0n) is 11.2. The predicted octanol–water partition coefficient (Wildman–Crippen LogP) is 2.73. The normalized spacial score (nSPS) is 10.8. The molecule has 0 saturated carbocycles. The van der Waals surface area contributed by atoms with Gasteiger partial charge in [0.1, 0.15) is 12.4 Å². The Bertz CT molecular complexity index is 778. The average molecular weight is 302 g/mol. The van der Waals surface area contributed by atoms with Crippen molar-refractivity contribution in [3.8, 4) is 11.4 Å². The molecule has 3 aromatic rings. The molecule has 0 bridgehead atoms. The number of rotatable bonds is 4. The smallest absolute Gasteiger partial charge is 0.204 e. The number of aromatic nitrogens is 4. The van der Waals surface area contributed by atoms with Crippen LogP contribution < -0.4 is 0 Å². The van der Waals surface area contributed by atoms with Crippen molar-refractivity contribution in [3.63, 3.8) is 0 Å². The van der Waals surface area contributed by atoms with Crippen molar-refractivity contribution in [1.29, 1.82) is 0 Å². The quantitative estimate of drug-likeness (QED) is 0.695. The van der Waals surface area contributed by atoms with Gasteiger partial charge in [-0.25, -0.2) is 4.39 Å². The number of carbonyl (C=O) groups is 1. The van der Waals surface area contributed by atoms with E-state index in [9.17, 15) is 9.18 Å². The van der Waals surface area contributed by atoms with Crippen LogP contribution in [0.2, 0.25) is 0 Å². The van der Waals surface area contributed by atoms with Crippen molar-refractivity contribution in [1.82, 2.24) is 20.2 Å². The summed E-state index contributed by atoms with van der Waals surface area (Å²) in [6, 6.07) is 9.49. The number of aryl methyl sites for hydroxylation is 1. The minimum Gasteiger partial charge on any atom is -0.291 e. The lowest BCUT2D eigenvalue weighted by Crippen LogP contribution is -2.12. The van der Waals surface area contributed by atoms with Gasteiger partial charge in [0.2, 0.25) is 5.82 Å². The predicted molar refractivity (Wildman–Crippen MR) is 76.6 cm³/mol. The summed E-state index contributed by atoms with van der Waals surface area (Å²) in [6.07, 6.45) is 0. The van der Waals surface area contributed by atoms with Gasteiger partial charge in [-0.2, -0.15) is 4.80 Å². The van der Waals surface area contributed by atoms with Gasteiger partial charge in [0, 0.05) is 10.4 Å². The van der Waals surface area contributed by atoms with E-state index in [1.165, 1.54) is 28.3 Å². The Morgan fingerprint density at radius 2 is 2.00 bits per heavy atom. The van der Waals surface area contributed by atoms with E-state index in [4.69, 9.17) is 0 Å². The minimum atomic E-state index is -0.325. The molecule has 0 N–H and O–H groups in total. The first-order valence-electron chi connectivity index (χ1n) is 6.25. The van der Waals surface area contributed by atoms with Gasteiger partial charge in [0.25, 0.3) is 0 Å². The number of Topliss-reactive ketones (excluding diaryl/α,β-unsaturated/α-hetero) is 1. The molecule has 2 heterocycles. The molecule has 0 unspecified atom stereocenters. The van der Waals surface area contributed by atoms with Crippen molar-refractivity contribution in [3.05, 3.63) is 52.0 Å². The van der Waals surface area contributed by atoms with Gasteiger partial charge in [-0.15, -0.1) is 21.5 Å². The molecule has 0 fully saturated rings. The zero-order valence-corrected chi connectivity index (χ0v) is 12.0. The number of thiophene rings is 1. The Hall–Kier alpha value is -2.41. The van der Waals surface area contributed by atoms with Gasteiger partial charge in [0.05, 0.1) is 4.88 Å². The van der Waals surface area contributed by atoms with Crippen LogP contribution >= 0.6 is 11.3 Å². The van der Waals surface area contributed by atoms with Crippen LogP contribution in [-0.2, 0) is 6.54 Å². The number of carbonyl (C=O) groups excluding carboxylic acids is 1. The second kappa shape index (κ2) is 5.53. The number of nitrogens with zero attached hydrogens (tertiary/aromatic N) is 4. The molecular weight excluding hydrogens is 291 g/mol. The highest BCUT2D eigenvalue weighted by Crippen LogP contribution is 2.17. The first-order valence-corrected chi connectivity index (χ1v) is 7.07. The third kappa shape index (κ3) is 3.03. The fourth-order valence-corrected chi connectivity index (χ4v) is 2.61. The zero-order chi connectivity index (χ0) is 14.8. The number of benzene rings is 1. The Kier molecular flexibility index (Phi) is 3.57. The molecule has 3 rings (SSSR count). The molecule has 0 atom stereocenters. The Morgan fingerprint density at radius 3 is 2.67 bits per heavy atom. The molecular formula is C14H11FN4OS. The molecule has 0 saturated heterocycles. The lowest BCUT2D eigenvalue weighted by Gasteiger charge is -1.96. The maximum absolute atomic E-state index is 12.9. The molecule has 106 valence electrons. The van der Waals surface area contributed by atoms with Crippen LogP contribution in [0.4, 0.5) is 4.39 Å². The van der Waals surface area contributed by atoms with E-state index in [0.29, 0.717) is 16.3 Å². The molecule has 0 amide bonds. The lowest BCUT2D eigenvalue weighted by atomic mass is 10.2. The molecule has 0 aliphatic heterocycles. The standard InChI is InChI=1S/C14H11FN4OS/c1-9-2-7-13(21-9)12(20)8-19-17-14(16-18-19)10-3-5-11(15)6-4-10/h2-7H,8H2,1H3. The Balaban J connectivity index is 1.76. The summed E-state index contributed by atoms with van der Waals surface area (Å²) in [7, 11) is 0. The second-order valence-corrected chi connectivity index (χ2v) is 5.77. The largest absolute Gasteiger partial charge is 0.291 e. The molecule has 0 radical (unpaired) electrons. The van der Waals surface area contributed by atoms with E-state index in [1.54, 1.807) is 18.2 Å². The third-order valence-electron chi connectivity index (χ3n) is 2.86. The first-order chi connectivity index (χ1) is 10.1. The molecule has 1 aromatic carbocycles. The first kappa shape index (κ1) is 13.6. The van der Waals surface area contributed by atoms with Crippen LogP contribution in [0.25, 0.3) is 11.4 Å². The van der Waals surface area contributed by atoms with E-state index >= 15 is 0 Å². The van der Waals surface area contributed by atoms with Crippen LogP contribution in [0, 0.1) is 12.7 Å². The van der Waals surface area contributed by atoms with Crippen LogP contribution in [0.15, 0.2) is 36.4 Å². The number of ketones is 1. The monoisotopic (exact) mass is 302 g/mol. The average Bonchev–Trinajstić information content (AvgIpc) is 3.09. The van der Waals surface area contributed by atoms with Crippen molar-refractivity contribution < 1.29 is 9.18 Å². The van der Waals surface area contributed by atoms with E-state index in [0.717, 1.165) is 4.88 Å². The molecule has 5 nitrogen and oxygen atoms in total. The molecule has 2 aromatic heterocycles. The topological polar surface area (TPSA) is 60.7 Å². The summed E-state index contributed by atoms with van der Waals surface area (Å²) in [5.41, 5.74) is 0.655. The highest BCUT2D eigenvalue weighted by Gasteiger charge is 2.12. The highest BCUT2D eigenvalue weighted by atomic mass is 32.1. The lowest BCUT2D eigenvalue weighted by molar-refractivity contribution is 0.0965. The van der Waals surface area contributed by atoms with Gasteiger partial charge < -0.3 is 0 Å². The fraction of sp³-hybridized carbons (Fsp3) is 0.143. The minimum absolute atomic E-state index is 0.0359. The maximum atomic E-state index is 12.9. The van der Waals surface area contributed by atoms with Gasteiger partial charge >= 0.3 is 0 Å². The summed E-state index contributed by atoms with van der Waals surface area (Å²) in [5.74, 6) is -0.0179. The summed E-state index contributed by atoms with van der Waals surface area (Å²) >= 11 is 1.44. The van der Waals surface area contributed by atoms with Gasteiger partial charge in [-0.1, -0.05) is 0 Å². The van der Waals surface area contributed by atoms with Crippen LogP contribution in [0.5, 0.6) is 0 Å². The Morgan fingerprint density at radius 1 is 1.24 bits per heavy atom. The summed E-state index contributed by atoms with van der Waals surface area (Å²) < 4.78 is 12.9. The summed E-state index contributed by atoms with van der Waals surface area (Å²) in [4.78, 5) is 15.1. The third-order valence-corrected chi connectivity index (χ3v) is 3.90. The van der Waals surface area contributed by atoms with E-state index in [2.05, 4.69) is 15.4 Å². The van der Waals surface area contributed by atoms with Crippen molar-refractivity contribution in [2.24, 2.45) is 0 Å². The number of hydrogen-bond acceptors (Lipinski definition) is 5. The summed E-state index contributed by atoms with van der Waals surface area (Å²) in [6.45, 7) is 1.98. The van der Waals surface area contributed by atoms with Crippen LogP contribution in [0.1, 0.15) is 14.5 Å². The van der Waals surface area contributed by atoms with Crippen molar-refractivity contribution in [2.45, 2.75) is 13.5 Å². The van der Waals surface area contributed by atoms with Gasteiger partial charge in [-0.3, -0.25) is 4.79 Å². The van der Waals surface area contributed by atoms with E-state index in [-0.39, 0.29) is 18.1 Å². The fourth-order valence-electron chi connectivity index (χ4n) is 1.82. The summed E-state index contributed by atoms with van der Waals surface area (Å²) in [5, 5.41) is 11.9. The second-order valence-electron chi connectivity index (χ2n) is 4.48. The number of halogens is 1. The number of hydrogen-bond donors (Lipinski definition) is 0. The maximum Gasteiger partial charge on any atom is 0.204 e. The van der Waals surface area contributed by atoms with Crippen LogP contribution in [-0.4, -0.2) is 26.0 Å². The van der Waals surface area contributed by atoms with Gasteiger partial charge in [-0.05, 0) is 48.5 Å². The molecule has 0 aliphatic carbocycles. The SMILES string of the molecule is Cc1ccc(C(=O)Cn2nnc(-c3ccc(F)cc3)n2)s1. The van der Waals surface area contributed by atoms with Crippen molar-refractivity contribution in [2.75, 3.05) is 0 Å². The van der Waals surface area contributed by atoms with E-state index in [1.807, 2.05) is 13.0 Å². The van der Waals surface area contributed by atoms with Crippen molar-refractivity contribution >= 4 is 17.1 Å². The molecule has 0 aliphatic rings. The van der Waals surface area contributed by atoms with Crippen LogP contribution in [0.3, 0.4) is 0 Å². The molecule has 7 heteroatoms. The highest BCUT2D eigenvalue weighted by molar-refractivity contribution is 7.14. The molecule has 21 heavy (non-hydrogen) atoms. The van der Waals surface area contributed by atoms with E-state index < -0.39 is 0 Å². The number of tetrazole rings is 1.